The third-order valence-electron chi connectivity index (χ3n) is 4.29. The molecule has 0 atom stereocenters. The van der Waals surface area contributed by atoms with Crippen molar-refractivity contribution in [1.29, 1.82) is 0 Å². The van der Waals surface area contributed by atoms with Gasteiger partial charge in [0.1, 0.15) is 12.3 Å². The van der Waals surface area contributed by atoms with E-state index < -0.39 is 0 Å². The van der Waals surface area contributed by atoms with E-state index in [1.54, 1.807) is 0 Å². The number of piperidine rings is 1. The number of carbonyl (C=O) groups excluding carboxylic acids is 1. The molecule has 0 amide bonds. The molecule has 0 unspecified atom stereocenters. The number of Topliss-reactive ketones (excluding diaryl/α,β-unsaturated/α-hetero) is 1. The van der Waals surface area contributed by atoms with Crippen LogP contribution in [0.2, 0.25) is 0 Å². The summed E-state index contributed by atoms with van der Waals surface area (Å²) < 4.78 is 0.986. The lowest BCUT2D eigenvalue weighted by atomic mass is 10.0. The first kappa shape index (κ1) is 12.4. The van der Waals surface area contributed by atoms with Crippen molar-refractivity contribution in [3.05, 3.63) is 48.0 Å². The highest BCUT2D eigenvalue weighted by Crippen LogP contribution is 2.24. The van der Waals surface area contributed by atoms with E-state index in [0.717, 1.165) is 37.0 Å². The van der Waals surface area contributed by atoms with Gasteiger partial charge in [0.2, 0.25) is 0 Å². The molecule has 0 spiro atoms. The summed E-state index contributed by atoms with van der Waals surface area (Å²) in [6, 6.07) is 15.1. The summed E-state index contributed by atoms with van der Waals surface area (Å²) in [6.45, 7) is 2.97. The van der Waals surface area contributed by atoms with Gasteiger partial charge in [-0.3, -0.25) is 4.79 Å². The summed E-state index contributed by atoms with van der Waals surface area (Å²) in [4.78, 5) is 11.4. The molecular formula is C17H20NO+. The highest BCUT2D eigenvalue weighted by Gasteiger charge is 2.29. The average Bonchev–Trinajstić information content (AvgIpc) is 2.43. The molecule has 1 heterocycles. The molecule has 1 saturated heterocycles. The van der Waals surface area contributed by atoms with Crippen molar-refractivity contribution >= 4 is 16.6 Å². The van der Waals surface area contributed by atoms with Crippen molar-refractivity contribution in [3.63, 3.8) is 0 Å². The number of fused-ring (bicyclic) bond motifs is 1. The lowest BCUT2D eigenvalue weighted by Gasteiger charge is -2.37. The Morgan fingerprint density at radius 1 is 1.00 bits per heavy atom. The maximum absolute atomic E-state index is 11.4. The first-order chi connectivity index (χ1) is 9.16. The molecule has 1 fully saturated rings. The molecular weight excluding hydrogens is 234 g/mol. The Morgan fingerprint density at radius 2 is 1.68 bits per heavy atom. The van der Waals surface area contributed by atoms with Crippen LogP contribution in [-0.2, 0) is 11.3 Å². The number of likely N-dealkylation sites (tertiary alicyclic amines) is 1. The Kier molecular flexibility index (Phi) is 3.11. The number of rotatable bonds is 2. The summed E-state index contributed by atoms with van der Waals surface area (Å²) in [6.07, 6.45) is 1.47. The fraction of sp³-hybridized carbons (Fsp3) is 0.353. The van der Waals surface area contributed by atoms with Gasteiger partial charge in [0.05, 0.1) is 33.0 Å². The summed E-state index contributed by atoms with van der Waals surface area (Å²) in [7, 11) is 2.27. The number of carbonyl (C=O) groups is 1. The highest BCUT2D eigenvalue weighted by atomic mass is 16.1. The number of quaternary nitrogens is 1. The summed E-state index contributed by atoms with van der Waals surface area (Å²) >= 11 is 0. The number of hydrogen-bond acceptors (Lipinski definition) is 1. The average molecular weight is 254 g/mol. The minimum absolute atomic E-state index is 0.425. The number of nitrogens with zero attached hydrogens (tertiary/aromatic N) is 1. The zero-order chi connectivity index (χ0) is 13.3. The Labute approximate surface area is 114 Å². The molecule has 2 nitrogen and oxygen atoms in total. The van der Waals surface area contributed by atoms with E-state index in [0.29, 0.717) is 5.78 Å². The van der Waals surface area contributed by atoms with Crippen LogP contribution in [-0.4, -0.2) is 30.4 Å². The van der Waals surface area contributed by atoms with E-state index in [1.165, 1.54) is 16.3 Å². The molecule has 19 heavy (non-hydrogen) atoms. The van der Waals surface area contributed by atoms with Crippen molar-refractivity contribution < 1.29 is 9.28 Å². The van der Waals surface area contributed by atoms with Crippen LogP contribution in [0.3, 0.4) is 0 Å². The fourth-order valence-electron chi connectivity index (χ4n) is 3.03. The van der Waals surface area contributed by atoms with Gasteiger partial charge in [-0.05, 0) is 10.8 Å². The van der Waals surface area contributed by atoms with E-state index >= 15 is 0 Å². The van der Waals surface area contributed by atoms with Crippen molar-refractivity contribution in [3.8, 4) is 0 Å². The van der Waals surface area contributed by atoms with Gasteiger partial charge in [-0.25, -0.2) is 0 Å². The van der Waals surface area contributed by atoms with Crippen LogP contribution in [0.15, 0.2) is 42.5 Å². The number of benzene rings is 2. The van der Waals surface area contributed by atoms with Gasteiger partial charge >= 0.3 is 0 Å². The first-order valence-electron chi connectivity index (χ1n) is 6.98. The van der Waals surface area contributed by atoms with E-state index in [2.05, 4.69) is 49.5 Å². The largest absolute Gasteiger partial charge is 0.322 e. The lowest BCUT2D eigenvalue weighted by molar-refractivity contribution is -0.923. The van der Waals surface area contributed by atoms with E-state index in [-0.39, 0.29) is 0 Å². The molecule has 0 saturated carbocycles. The minimum Gasteiger partial charge on any atom is -0.322 e. The standard InChI is InChI=1S/C17H20NO/c1-18(11-9-16(19)10-12-18)13-15-7-4-6-14-5-2-3-8-17(14)15/h2-8H,9-13H2,1H3/q+1. The molecule has 0 aromatic heterocycles. The van der Waals surface area contributed by atoms with Crippen LogP contribution < -0.4 is 0 Å². The molecule has 3 rings (SSSR count). The van der Waals surface area contributed by atoms with Crippen LogP contribution >= 0.6 is 0 Å². The number of ketones is 1. The molecule has 98 valence electrons. The van der Waals surface area contributed by atoms with Crippen LogP contribution in [0.5, 0.6) is 0 Å². The van der Waals surface area contributed by atoms with Gasteiger partial charge < -0.3 is 4.48 Å². The Bertz CT molecular complexity index is 602. The van der Waals surface area contributed by atoms with Crippen LogP contribution in [0.1, 0.15) is 18.4 Å². The molecule has 2 aromatic rings. The summed E-state index contributed by atoms with van der Waals surface area (Å²) in [5.74, 6) is 0.425. The maximum Gasteiger partial charge on any atom is 0.144 e. The van der Waals surface area contributed by atoms with Crippen LogP contribution in [0, 0.1) is 0 Å². The highest BCUT2D eigenvalue weighted by molar-refractivity contribution is 5.85. The molecule has 0 N–H and O–H groups in total. The van der Waals surface area contributed by atoms with E-state index in [1.807, 2.05) is 0 Å². The predicted molar refractivity (Wildman–Crippen MR) is 77.8 cm³/mol. The zero-order valence-corrected chi connectivity index (χ0v) is 11.4. The van der Waals surface area contributed by atoms with Crippen molar-refractivity contribution in [1.82, 2.24) is 0 Å². The Balaban J connectivity index is 1.91. The molecule has 0 bridgehead atoms. The van der Waals surface area contributed by atoms with Crippen molar-refractivity contribution in [2.45, 2.75) is 19.4 Å². The van der Waals surface area contributed by atoms with Gasteiger partial charge in [0.25, 0.3) is 0 Å². The second-order valence-corrected chi connectivity index (χ2v) is 5.90. The van der Waals surface area contributed by atoms with Crippen LogP contribution in [0.25, 0.3) is 10.8 Å². The quantitative estimate of drug-likeness (QED) is 0.752. The van der Waals surface area contributed by atoms with Gasteiger partial charge in [-0.15, -0.1) is 0 Å². The summed E-state index contributed by atoms with van der Waals surface area (Å²) in [5, 5.41) is 2.65. The molecule has 1 aliphatic rings. The lowest BCUT2D eigenvalue weighted by Crippen LogP contribution is -2.49. The van der Waals surface area contributed by atoms with Crippen molar-refractivity contribution in [2.24, 2.45) is 0 Å². The Morgan fingerprint density at radius 3 is 2.47 bits per heavy atom. The third kappa shape index (κ3) is 2.54. The van der Waals surface area contributed by atoms with E-state index in [9.17, 15) is 4.79 Å². The van der Waals surface area contributed by atoms with Crippen molar-refractivity contribution in [2.75, 3.05) is 20.1 Å². The molecule has 0 aliphatic carbocycles. The Hall–Kier alpha value is -1.67. The van der Waals surface area contributed by atoms with Gasteiger partial charge in [-0.2, -0.15) is 0 Å². The maximum atomic E-state index is 11.4. The minimum atomic E-state index is 0.425. The molecule has 2 heteroatoms. The normalized spacial score (nSPS) is 18.7. The fourth-order valence-corrected chi connectivity index (χ4v) is 3.03. The monoisotopic (exact) mass is 254 g/mol. The SMILES string of the molecule is C[N+]1(Cc2cccc3ccccc23)CCC(=O)CC1. The molecule has 2 aromatic carbocycles. The predicted octanol–water partition coefficient (Wildman–Crippen LogP) is 3.15. The zero-order valence-electron chi connectivity index (χ0n) is 11.4. The first-order valence-corrected chi connectivity index (χ1v) is 6.98. The molecule has 1 aliphatic heterocycles. The van der Waals surface area contributed by atoms with Gasteiger partial charge in [-0.1, -0.05) is 42.5 Å². The topological polar surface area (TPSA) is 17.1 Å². The van der Waals surface area contributed by atoms with Gasteiger partial charge in [0.15, 0.2) is 0 Å². The van der Waals surface area contributed by atoms with E-state index in [4.69, 9.17) is 0 Å². The second-order valence-electron chi connectivity index (χ2n) is 5.90. The summed E-state index contributed by atoms with van der Waals surface area (Å²) in [5.41, 5.74) is 1.40. The number of hydrogen-bond donors (Lipinski definition) is 0. The van der Waals surface area contributed by atoms with Gasteiger partial charge in [0, 0.05) is 5.56 Å². The van der Waals surface area contributed by atoms with Crippen LogP contribution in [0.4, 0.5) is 0 Å². The smallest absolute Gasteiger partial charge is 0.144 e. The second kappa shape index (κ2) is 4.78. The third-order valence-corrected chi connectivity index (χ3v) is 4.29. The molecule has 0 radical (unpaired) electrons.